The summed E-state index contributed by atoms with van der Waals surface area (Å²) in [6.07, 6.45) is 0.167. The highest BCUT2D eigenvalue weighted by Crippen LogP contribution is 2.23. The molecule has 11 heteroatoms. The van der Waals surface area contributed by atoms with E-state index in [9.17, 15) is 14.4 Å². The van der Waals surface area contributed by atoms with Crippen molar-refractivity contribution in [2.24, 2.45) is 10.9 Å². The van der Waals surface area contributed by atoms with Gasteiger partial charge in [-0.05, 0) is 43.9 Å². The van der Waals surface area contributed by atoms with Crippen LogP contribution in [0, 0.1) is 5.82 Å². The van der Waals surface area contributed by atoms with Gasteiger partial charge in [-0.15, -0.1) is 0 Å². The number of nitrogens with two attached hydrogens (primary N) is 1. The molecule has 0 saturated heterocycles. The van der Waals surface area contributed by atoms with Gasteiger partial charge in [0.1, 0.15) is 17.6 Å². The van der Waals surface area contributed by atoms with Gasteiger partial charge in [-0.1, -0.05) is 23.0 Å². The number of thioether (sulfide) groups is 1. The minimum Gasteiger partial charge on any atom is -0.468 e. The van der Waals surface area contributed by atoms with Gasteiger partial charge >= 0.3 is 5.97 Å². The number of carbonyl (C=O) groups is 1. The van der Waals surface area contributed by atoms with Gasteiger partial charge in [-0.2, -0.15) is 0 Å². The maximum Gasteiger partial charge on any atom is 0.323 e. The molecule has 0 aliphatic heterocycles. The summed E-state index contributed by atoms with van der Waals surface area (Å²) in [4.78, 5) is 11.3. The van der Waals surface area contributed by atoms with Crippen LogP contribution in [0.25, 0.3) is 0 Å². The first-order valence-electron chi connectivity index (χ1n) is 6.90. The third-order valence-electron chi connectivity index (χ3n) is 3.11. The van der Waals surface area contributed by atoms with Gasteiger partial charge in [0.05, 0.1) is 11.6 Å². The molecule has 1 aromatic heterocycles. The summed E-state index contributed by atoms with van der Waals surface area (Å²) < 4.78 is 22.8. The van der Waals surface area contributed by atoms with E-state index < -0.39 is 17.8 Å². The normalized spacial score (nSPS) is 12.9. The fourth-order valence-corrected chi connectivity index (χ4v) is 3.13. The quantitative estimate of drug-likeness (QED) is 0.223. The van der Waals surface area contributed by atoms with Crippen LogP contribution in [0.3, 0.4) is 0 Å². The standard InChI is InChI=1S/C14H14BrFN4O4S/c1-23-14(21)10(17)6-25-13-12(19-24-20-13)11(18-22)5-7-2-3-9(16)8(15)4-7/h2-4,10,22H,5-6,17H2,1H3/b18-11+/t10-/m0/s1. The Bertz CT molecular complexity index is 786. The lowest BCUT2D eigenvalue weighted by molar-refractivity contribution is -0.141. The smallest absolute Gasteiger partial charge is 0.323 e. The molecular formula is C14H14BrFN4O4S. The summed E-state index contributed by atoms with van der Waals surface area (Å²) in [6.45, 7) is 0. The summed E-state index contributed by atoms with van der Waals surface area (Å²) in [6, 6.07) is 3.56. The first-order chi connectivity index (χ1) is 12.0. The van der Waals surface area contributed by atoms with Gasteiger partial charge in [0.2, 0.25) is 0 Å². The average Bonchev–Trinajstić information content (AvgIpc) is 3.08. The van der Waals surface area contributed by atoms with Crippen LogP contribution >= 0.6 is 27.7 Å². The van der Waals surface area contributed by atoms with E-state index >= 15 is 0 Å². The van der Waals surface area contributed by atoms with Crippen LogP contribution < -0.4 is 5.73 Å². The third kappa shape index (κ3) is 5.00. The van der Waals surface area contributed by atoms with E-state index in [0.29, 0.717) is 15.1 Å². The molecular weight excluding hydrogens is 419 g/mol. The van der Waals surface area contributed by atoms with Crippen LogP contribution in [0.15, 0.2) is 37.5 Å². The molecule has 3 N–H and O–H groups in total. The van der Waals surface area contributed by atoms with Crippen LogP contribution in [-0.2, 0) is 16.0 Å². The van der Waals surface area contributed by atoms with Gasteiger partial charge in [0.15, 0.2) is 10.7 Å². The Morgan fingerprint density at radius 3 is 2.96 bits per heavy atom. The molecule has 8 nitrogen and oxygen atoms in total. The highest BCUT2D eigenvalue weighted by molar-refractivity contribution is 9.10. The molecule has 2 aromatic rings. The predicted molar refractivity (Wildman–Crippen MR) is 91.1 cm³/mol. The van der Waals surface area contributed by atoms with E-state index in [0.717, 1.165) is 11.8 Å². The maximum atomic E-state index is 13.3. The molecule has 0 aliphatic rings. The molecule has 0 spiro atoms. The number of oxime groups is 1. The first-order valence-corrected chi connectivity index (χ1v) is 8.68. The number of aromatic nitrogens is 2. The van der Waals surface area contributed by atoms with Crippen LogP contribution in [0.5, 0.6) is 0 Å². The van der Waals surface area contributed by atoms with Crippen molar-refractivity contribution < 1.29 is 23.8 Å². The molecule has 25 heavy (non-hydrogen) atoms. The molecule has 0 fully saturated rings. The summed E-state index contributed by atoms with van der Waals surface area (Å²) >= 11 is 4.21. The third-order valence-corrected chi connectivity index (χ3v) is 4.79. The van der Waals surface area contributed by atoms with Crippen molar-refractivity contribution in [3.05, 3.63) is 39.7 Å². The van der Waals surface area contributed by atoms with Gasteiger partial charge in [0.25, 0.3) is 0 Å². The second-order valence-electron chi connectivity index (χ2n) is 4.83. The fraction of sp³-hybridized carbons (Fsp3) is 0.286. The van der Waals surface area contributed by atoms with Gasteiger partial charge < -0.3 is 15.7 Å². The lowest BCUT2D eigenvalue weighted by atomic mass is 10.1. The first kappa shape index (κ1) is 19.3. The number of hydrogen-bond acceptors (Lipinski definition) is 9. The molecule has 0 aliphatic carbocycles. The number of nitrogens with zero attached hydrogens (tertiary/aromatic N) is 3. The Morgan fingerprint density at radius 2 is 2.32 bits per heavy atom. The number of ether oxygens (including phenoxy) is 1. The Balaban J connectivity index is 2.12. The Labute approximate surface area is 154 Å². The van der Waals surface area contributed by atoms with Gasteiger partial charge in [0, 0.05) is 12.2 Å². The molecule has 1 heterocycles. The van der Waals surface area contributed by atoms with Crippen molar-refractivity contribution in [2.75, 3.05) is 12.9 Å². The number of halogens is 2. The van der Waals surface area contributed by atoms with Crippen LogP contribution in [0.4, 0.5) is 4.39 Å². The second kappa shape index (κ2) is 8.92. The van der Waals surface area contributed by atoms with Crippen molar-refractivity contribution in [1.82, 2.24) is 10.3 Å². The summed E-state index contributed by atoms with van der Waals surface area (Å²) in [5.74, 6) is -0.783. The van der Waals surface area contributed by atoms with E-state index in [1.54, 1.807) is 12.1 Å². The summed E-state index contributed by atoms with van der Waals surface area (Å²) in [7, 11) is 1.24. The summed E-state index contributed by atoms with van der Waals surface area (Å²) in [5.41, 5.74) is 6.74. The fourth-order valence-electron chi connectivity index (χ4n) is 1.85. The van der Waals surface area contributed by atoms with E-state index in [-0.39, 0.29) is 23.6 Å². The zero-order valence-electron chi connectivity index (χ0n) is 13.0. The Kier molecular flexibility index (Phi) is 6.91. The highest BCUT2D eigenvalue weighted by Gasteiger charge is 2.21. The number of rotatable bonds is 7. The molecule has 0 radical (unpaired) electrons. The zero-order valence-corrected chi connectivity index (χ0v) is 15.4. The number of methoxy groups -OCH3 is 1. The predicted octanol–water partition coefficient (Wildman–Crippen LogP) is 1.98. The van der Waals surface area contributed by atoms with E-state index in [2.05, 4.69) is 40.8 Å². The monoisotopic (exact) mass is 432 g/mol. The topological polar surface area (TPSA) is 124 Å². The Hall–Kier alpha value is -1.98. The average molecular weight is 433 g/mol. The molecule has 0 unspecified atom stereocenters. The number of hydrogen-bond donors (Lipinski definition) is 2. The highest BCUT2D eigenvalue weighted by atomic mass is 79.9. The largest absolute Gasteiger partial charge is 0.468 e. The van der Waals surface area contributed by atoms with Gasteiger partial charge in [-0.25, -0.2) is 9.02 Å². The molecule has 1 atom stereocenters. The number of carbonyl (C=O) groups excluding carboxylic acids is 1. The molecule has 134 valence electrons. The minimum absolute atomic E-state index is 0.167. The van der Waals surface area contributed by atoms with E-state index in [4.69, 9.17) is 5.73 Å². The maximum absolute atomic E-state index is 13.3. The second-order valence-corrected chi connectivity index (χ2v) is 6.69. The number of esters is 1. The van der Waals surface area contributed by atoms with E-state index in [1.807, 2.05) is 0 Å². The van der Waals surface area contributed by atoms with Crippen molar-refractivity contribution >= 4 is 39.4 Å². The zero-order chi connectivity index (χ0) is 18.4. The van der Waals surface area contributed by atoms with Crippen molar-refractivity contribution in [3.8, 4) is 0 Å². The lowest BCUT2D eigenvalue weighted by Gasteiger charge is -2.08. The van der Waals surface area contributed by atoms with Crippen molar-refractivity contribution in [1.29, 1.82) is 0 Å². The minimum atomic E-state index is -0.845. The SMILES string of the molecule is COC(=O)[C@@H](N)CSc1nonc1/C(Cc1ccc(F)c(Br)c1)=N/O. The van der Waals surface area contributed by atoms with Crippen LogP contribution in [0.1, 0.15) is 11.3 Å². The molecule has 2 rings (SSSR count). The molecule has 0 saturated carbocycles. The Morgan fingerprint density at radius 1 is 1.56 bits per heavy atom. The van der Waals surface area contributed by atoms with Crippen molar-refractivity contribution in [2.45, 2.75) is 17.5 Å². The molecule has 0 bridgehead atoms. The van der Waals surface area contributed by atoms with Crippen molar-refractivity contribution in [3.63, 3.8) is 0 Å². The van der Waals surface area contributed by atoms with Crippen LogP contribution in [0.2, 0.25) is 0 Å². The van der Waals surface area contributed by atoms with Crippen LogP contribution in [-0.4, -0.2) is 46.1 Å². The summed E-state index contributed by atoms with van der Waals surface area (Å²) in [5, 5.41) is 20.3. The molecule has 1 aromatic carbocycles. The van der Waals surface area contributed by atoms with E-state index in [1.165, 1.54) is 13.2 Å². The molecule has 0 amide bonds. The van der Waals surface area contributed by atoms with Gasteiger partial charge in [-0.3, -0.25) is 4.79 Å². The lowest BCUT2D eigenvalue weighted by Crippen LogP contribution is -2.33. The number of benzene rings is 1.